The lowest BCUT2D eigenvalue weighted by Gasteiger charge is -2.30. The van der Waals surface area contributed by atoms with Crippen LogP contribution in [0.15, 0.2) is 0 Å². The van der Waals surface area contributed by atoms with Crippen LogP contribution in [0.3, 0.4) is 0 Å². The first-order valence-electron chi connectivity index (χ1n) is 6.29. The van der Waals surface area contributed by atoms with Crippen LogP contribution in [-0.2, 0) is 0 Å². The van der Waals surface area contributed by atoms with Gasteiger partial charge in [0.15, 0.2) is 0 Å². The molecule has 0 aromatic rings. The van der Waals surface area contributed by atoms with Crippen LogP contribution in [0, 0.1) is 5.92 Å². The van der Waals surface area contributed by atoms with Gasteiger partial charge in [-0.1, -0.05) is 6.92 Å². The third-order valence-electron chi connectivity index (χ3n) is 3.88. The van der Waals surface area contributed by atoms with Gasteiger partial charge in [-0.2, -0.15) is 11.8 Å². The lowest BCUT2D eigenvalue weighted by atomic mass is 9.96. The monoisotopic (exact) mass is 228 g/mol. The fourth-order valence-corrected chi connectivity index (χ4v) is 3.81. The Labute approximate surface area is 98.2 Å². The summed E-state index contributed by atoms with van der Waals surface area (Å²) in [7, 11) is 2.24. The Kier molecular flexibility index (Phi) is 4.35. The number of hydrogen-bond acceptors (Lipinski definition) is 3. The molecule has 2 unspecified atom stereocenters. The molecule has 2 rings (SSSR count). The van der Waals surface area contributed by atoms with Gasteiger partial charge in [0.25, 0.3) is 0 Å². The van der Waals surface area contributed by atoms with Gasteiger partial charge in [0.05, 0.1) is 0 Å². The average Bonchev–Trinajstić information content (AvgIpc) is 2.63. The van der Waals surface area contributed by atoms with Crippen LogP contribution in [0.4, 0.5) is 0 Å². The van der Waals surface area contributed by atoms with E-state index in [9.17, 15) is 0 Å². The Hall–Kier alpha value is 0.270. The minimum Gasteiger partial charge on any atom is -0.313 e. The Morgan fingerprint density at radius 2 is 2.00 bits per heavy atom. The molecule has 0 aliphatic carbocycles. The summed E-state index contributed by atoms with van der Waals surface area (Å²) in [5, 5.41) is 4.61. The number of nitrogens with one attached hydrogen (secondary N) is 1. The zero-order valence-corrected chi connectivity index (χ0v) is 10.9. The molecule has 3 heteroatoms. The predicted octanol–water partition coefficient (Wildman–Crippen LogP) is 1.81. The van der Waals surface area contributed by atoms with Crippen LogP contribution >= 0.6 is 11.8 Å². The van der Waals surface area contributed by atoms with Crippen LogP contribution in [0.25, 0.3) is 0 Å². The molecule has 0 spiro atoms. The molecule has 15 heavy (non-hydrogen) atoms. The van der Waals surface area contributed by atoms with Gasteiger partial charge in [0.1, 0.15) is 0 Å². The van der Waals surface area contributed by atoms with Crippen molar-refractivity contribution in [3.63, 3.8) is 0 Å². The lowest BCUT2D eigenvalue weighted by Crippen LogP contribution is -2.40. The van der Waals surface area contributed by atoms with Crippen molar-refractivity contribution in [2.75, 3.05) is 32.4 Å². The molecule has 0 aromatic carbocycles. The molecular weight excluding hydrogens is 204 g/mol. The molecule has 2 aliphatic rings. The molecule has 2 aliphatic heterocycles. The van der Waals surface area contributed by atoms with Crippen LogP contribution in [0.2, 0.25) is 0 Å². The maximum atomic E-state index is 3.78. The van der Waals surface area contributed by atoms with Crippen molar-refractivity contribution in [2.45, 2.75) is 37.5 Å². The highest BCUT2D eigenvalue weighted by Gasteiger charge is 2.25. The maximum Gasteiger partial charge on any atom is 0.0191 e. The van der Waals surface area contributed by atoms with Crippen molar-refractivity contribution >= 4 is 11.8 Å². The second-order valence-corrected chi connectivity index (χ2v) is 6.61. The summed E-state index contributed by atoms with van der Waals surface area (Å²) in [6.45, 7) is 6.20. The standard InChI is InChI=1S/C12H24N2S/c1-10-12(5-8-15-10)13-9-11-3-6-14(2)7-4-11/h10-13H,3-9H2,1-2H3. The Morgan fingerprint density at radius 3 is 2.60 bits per heavy atom. The van der Waals surface area contributed by atoms with E-state index in [0.29, 0.717) is 0 Å². The molecule has 88 valence electrons. The van der Waals surface area contributed by atoms with Gasteiger partial charge >= 0.3 is 0 Å². The molecule has 2 fully saturated rings. The topological polar surface area (TPSA) is 15.3 Å². The second kappa shape index (κ2) is 5.55. The van der Waals surface area contributed by atoms with Gasteiger partial charge in [-0.25, -0.2) is 0 Å². The number of likely N-dealkylation sites (tertiary alicyclic amines) is 1. The molecule has 2 nitrogen and oxygen atoms in total. The fourth-order valence-electron chi connectivity index (χ4n) is 2.58. The summed E-state index contributed by atoms with van der Waals surface area (Å²) < 4.78 is 0. The van der Waals surface area contributed by atoms with Crippen LogP contribution in [0.1, 0.15) is 26.2 Å². The maximum absolute atomic E-state index is 3.78. The first-order valence-corrected chi connectivity index (χ1v) is 7.34. The van der Waals surface area contributed by atoms with E-state index >= 15 is 0 Å². The lowest BCUT2D eigenvalue weighted by molar-refractivity contribution is 0.212. The third-order valence-corrected chi connectivity index (χ3v) is 5.21. The number of piperidine rings is 1. The molecule has 2 atom stereocenters. The van der Waals surface area contributed by atoms with E-state index in [-0.39, 0.29) is 0 Å². The highest BCUT2D eigenvalue weighted by atomic mass is 32.2. The predicted molar refractivity (Wildman–Crippen MR) is 68.5 cm³/mol. The minimum atomic E-state index is 0.787. The normalized spacial score (nSPS) is 34.8. The summed E-state index contributed by atoms with van der Waals surface area (Å²) in [6, 6.07) is 0.787. The summed E-state index contributed by atoms with van der Waals surface area (Å²) in [5.74, 6) is 2.28. The van der Waals surface area contributed by atoms with Crippen LogP contribution < -0.4 is 5.32 Å². The van der Waals surface area contributed by atoms with Crippen molar-refractivity contribution in [3.05, 3.63) is 0 Å². The molecular formula is C12H24N2S. The largest absolute Gasteiger partial charge is 0.313 e. The van der Waals surface area contributed by atoms with Crippen LogP contribution in [0.5, 0.6) is 0 Å². The average molecular weight is 228 g/mol. The van der Waals surface area contributed by atoms with E-state index in [4.69, 9.17) is 0 Å². The van der Waals surface area contributed by atoms with Crippen molar-refractivity contribution in [3.8, 4) is 0 Å². The van der Waals surface area contributed by atoms with E-state index in [0.717, 1.165) is 17.2 Å². The molecule has 1 N–H and O–H groups in total. The van der Waals surface area contributed by atoms with Gasteiger partial charge in [-0.15, -0.1) is 0 Å². The van der Waals surface area contributed by atoms with Gasteiger partial charge in [-0.3, -0.25) is 0 Å². The molecule has 0 saturated carbocycles. The number of hydrogen-bond donors (Lipinski definition) is 1. The van der Waals surface area contributed by atoms with Crippen molar-refractivity contribution in [1.29, 1.82) is 0 Å². The first-order chi connectivity index (χ1) is 7.25. The van der Waals surface area contributed by atoms with E-state index in [1.807, 2.05) is 0 Å². The number of thioether (sulfide) groups is 1. The smallest absolute Gasteiger partial charge is 0.0191 e. The Morgan fingerprint density at radius 1 is 1.27 bits per heavy atom. The van der Waals surface area contributed by atoms with Crippen LogP contribution in [-0.4, -0.2) is 48.6 Å². The quantitative estimate of drug-likeness (QED) is 0.793. The van der Waals surface area contributed by atoms with Gasteiger partial charge in [0, 0.05) is 11.3 Å². The summed E-state index contributed by atoms with van der Waals surface area (Å²) >= 11 is 2.12. The zero-order valence-electron chi connectivity index (χ0n) is 10.0. The van der Waals surface area contributed by atoms with Crippen molar-refractivity contribution < 1.29 is 0 Å². The molecule has 0 bridgehead atoms. The molecule has 2 saturated heterocycles. The molecule has 0 amide bonds. The third kappa shape index (κ3) is 3.36. The van der Waals surface area contributed by atoms with Gasteiger partial charge in [-0.05, 0) is 57.6 Å². The van der Waals surface area contributed by atoms with Gasteiger partial charge < -0.3 is 10.2 Å². The second-order valence-electron chi connectivity index (χ2n) is 5.13. The summed E-state index contributed by atoms with van der Waals surface area (Å²) in [5.41, 5.74) is 0. The minimum absolute atomic E-state index is 0.787. The number of rotatable bonds is 3. The highest BCUT2D eigenvalue weighted by molar-refractivity contribution is 8.00. The van der Waals surface area contributed by atoms with E-state index in [1.165, 1.54) is 44.6 Å². The molecule has 0 radical (unpaired) electrons. The first kappa shape index (κ1) is 11.7. The zero-order chi connectivity index (χ0) is 10.7. The summed E-state index contributed by atoms with van der Waals surface area (Å²) in [6.07, 6.45) is 4.15. The Balaban J connectivity index is 1.65. The van der Waals surface area contributed by atoms with E-state index in [2.05, 4.69) is 35.9 Å². The highest BCUT2D eigenvalue weighted by Crippen LogP contribution is 2.26. The Bertz CT molecular complexity index is 190. The van der Waals surface area contributed by atoms with Gasteiger partial charge in [0.2, 0.25) is 0 Å². The molecule has 2 heterocycles. The molecule has 0 aromatic heterocycles. The van der Waals surface area contributed by atoms with Crippen molar-refractivity contribution in [2.24, 2.45) is 5.92 Å². The van der Waals surface area contributed by atoms with E-state index < -0.39 is 0 Å². The van der Waals surface area contributed by atoms with E-state index in [1.54, 1.807) is 0 Å². The fraction of sp³-hybridized carbons (Fsp3) is 1.00. The number of nitrogens with zero attached hydrogens (tertiary/aromatic N) is 1. The van der Waals surface area contributed by atoms with Crippen molar-refractivity contribution in [1.82, 2.24) is 10.2 Å². The SMILES string of the molecule is CC1SCCC1NCC1CCN(C)CC1. The summed E-state index contributed by atoms with van der Waals surface area (Å²) in [4.78, 5) is 2.45.